The quantitative estimate of drug-likeness (QED) is 0.765. The molecule has 2 heteroatoms. The fourth-order valence-electron chi connectivity index (χ4n) is 3.48. The van der Waals surface area contributed by atoms with Crippen molar-refractivity contribution in [3.8, 4) is 0 Å². The van der Waals surface area contributed by atoms with Gasteiger partial charge >= 0.3 is 0 Å². The maximum absolute atomic E-state index is 3.43. The first-order chi connectivity index (χ1) is 7.35. The van der Waals surface area contributed by atoms with Crippen LogP contribution in [-0.2, 0) is 0 Å². The molecule has 15 heavy (non-hydrogen) atoms. The van der Waals surface area contributed by atoms with Crippen molar-refractivity contribution >= 4 is 0 Å². The van der Waals surface area contributed by atoms with Gasteiger partial charge < -0.3 is 10.2 Å². The van der Waals surface area contributed by atoms with Gasteiger partial charge in [0.05, 0.1) is 0 Å². The van der Waals surface area contributed by atoms with Crippen LogP contribution in [0, 0.1) is 5.41 Å². The average Bonchev–Trinajstić information content (AvgIpc) is 2.72. The van der Waals surface area contributed by atoms with Crippen LogP contribution in [-0.4, -0.2) is 38.1 Å². The standard InChI is InChI=1S/C13H26N2/c1-14-11-13(7-3-2-4-8-13)12-15-9-5-6-10-15/h14H,2-12H2,1H3. The highest BCUT2D eigenvalue weighted by atomic mass is 15.1. The molecule has 1 saturated carbocycles. The molecule has 0 aromatic carbocycles. The third kappa shape index (κ3) is 2.94. The minimum absolute atomic E-state index is 0.608. The summed E-state index contributed by atoms with van der Waals surface area (Å²) in [6.45, 7) is 5.29. The van der Waals surface area contributed by atoms with E-state index in [2.05, 4.69) is 17.3 Å². The van der Waals surface area contributed by atoms with E-state index in [0.29, 0.717) is 5.41 Å². The second-order valence-electron chi connectivity index (χ2n) is 5.57. The highest BCUT2D eigenvalue weighted by Gasteiger charge is 2.33. The Balaban J connectivity index is 1.90. The third-order valence-corrected chi connectivity index (χ3v) is 4.22. The van der Waals surface area contributed by atoms with Crippen molar-refractivity contribution in [2.75, 3.05) is 33.2 Å². The Morgan fingerprint density at radius 1 is 1.00 bits per heavy atom. The van der Waals surface area contributed by atoms with Crippen LogP contribution in [0.15, 0.2) is 0 Å². The molecular formula is C13H26N2. The molecule has 0 spiro atoms. The zero-order valence-corrected chi connectivity index (χ0v) is 10.2. The van der Waals surface area contributed by atoms with E-state index >= 15 is 0 Å². The molecule has 0 aromatic rings. The zero-order chi connectivity index (χ0) is 10.6. The summed E-state index contributed by atoms with van der Waals surface area (Å²) in [5.74, 6) is 0. The molecule has 2 nitrogen and oxygen atoms in total. The Morgan fingerprint density at radius 3 is 2.27 bits per heavy atom. The normalized spacial score (nSPS) is 27.0. The SMILES string of the molecule is CNCC1(CN2CCCC2)CCCCC1. The Bertz CT molecular complexity index is 173. The lowest BCUT2D eigenvalue weighted by Crippen LogP contribution is -2.43. The van der Waals surface area contributed by atoms with Crippen molar-refractivity contribution in [3.05, 3.63) is 0 Å². The van der Waals surface area contributed by atoms with Gasteiger partial charge in [0, 0.05) is 13.1 Å². The molecular weight excluding hydrogens is 184 g/mol. The molecule has 0 aromatic heterocycles. The maximum Gasteiger partial charge on any atom is 0.00501 e. The van der Waals surface area contributed by atoms with E-state index in [1.165, 1.54) is 71.1 Å². The summed E-state index contributed by atoms with van der Waals surface area (Å²) in [7, 11) is 2.11. The van der Waals surface area contributed by atoms with E-state index in [9.17, 15) is 0 Å². The van der Waals surface area contributed by atoms with Crippen LogP contribution < -0.4 is 5.32 Å². The van der Waals surface area contributed by atoms with Gasteiger partial charge in [-0.1, -0.05) is 19.3 Å². The largest absolute Gasteiger partial charge is 0.319 e. The molecule has 1 saturated heterocycles. The van der Waals surface area contributed by atoms with E-state index in [-0.39, 0.29) is 0 Å². The summed E-state index contributed by atoms with van der Waals surface area (Å²) in [5.41, 5.74) is 0.608. The Hall–Kier alpha value is -0.0800. The minimum Gasteiger partial charge on any atom is -0.319 e. The van der Waals surface area contributed by atoms with Crippen LogP contribution in [0.25, 0.3) is 0 Å². The molecule has 1 aliphatic carbocycles. The molecule has 2 aliphatic rings. The van der Waals surface area contributed by atoms with E-state index in [1.54, 1.807) is 0 Å². The number of nitrogens with one attached hydrogen (secondary N) is 1. The molecule has 0 bridgehead atoms. The van der Waals surface area contributed by atoms with Crippen LogP contribution >= 0.6 is 0 Å². The average molecular weight is 210 g/mol. The van der Waals surface area contributed by atoms with E-state index in [0.717, 1.165) is 0 Å². The maximum atomic E-state index is 3.43. The number of likely N-dealkylation sites (tertiary alicyclic amines) is 1. The van der Waals surface area contributed by atoms with Crippen molar-refractivity contribution in [2.45, 2.75) is 44.9 Å². The molecule has 0 radical (unpaired) electrons. The molecule has 88 valence electrons. The second kappa shape index (κ2) is 5.31. The molecule has 0 amide bonds. The van der Waals surface area contributed by atoms with Gasteiger partial charge in [-0.25, -0.2) is 0 Å². The first-order valence-electron chi connectivity index (χ1n) is 6.72. The van der Waals surface area contributed by atoms with E-state index in [1.807, 2.05) is 0 Å². The topological polar surface area (TPSA) is 15.3 Å². The van der Waals surface area contributed by atoms with Crippen LogP contribution in [0.2, 0.25) is 0 Å². The fraction of sp³-hybridized carbons (Fsp3) is 1.00. The lowest BCUT2D eigenvalue weighted by molar-refractivity contribution is 0.119. The van der Waals surface area contributed by atoms with Gasteiger partial charge in [0.25, 0.3) is 0 Å². The first-order valence-corrected chi connectivity index (χ1v) is 6.72. The number of hydrogen-bond acceptors (Lipinski definition) is 2. The van der Waals surface area contributed by atoms with Crippen molar-refractivity contribution in [1.29, 1.82) is 0 Å². The summed E-state index contributed by atoms with van der Waals surface area (Å²) in [5, 5.41) is 3.43. The highest BCUT2D eigenvalue weighted by molar-refractivity contribution is 4.88. The first kappa shape index (κ1) is 11.4. The number of nitrogens with zero attached hydrogens (tertiary/aromatic N) is 1. The lowest BCUT2D eigenvalue weighted by Gasteiger charge is -2.40. The van der Waals surface area contributed by atoms with E-state index < -0.39 is 0 Å². The fourth-order valence-corrected chi connectivity index (χ4v) is 3.48. The van der Waals surface area contributed by atoms with Gasteiger partial charge in [-0.15, -0.1) is 0 Å². The van der Waals surface area contributed by atoms with Crippen LogP contribution in [0.4, 0.5) is 0 Å². The van der Waals surface area contributed by atoms with Gasteiger partial charge in [0.15, 0.2) is 0 Å². The number of hydrogen-bond donors (Lipinski definition) is 1. The summed E-state index contributed by atoms with van der Waals surface area (Å²) in [4.78, 5) is 2.70. The van der Waals surface area contributed by atoms with Crippen molar-refractivity contribution in [2.24, 2.45) is 5.41 Å². The van der Waals surface area contributed by atoms with Crippen LogP contribution in [0.3, 0.4) is 0 Å². The minimum atomic E-state index is 0.608. The predicted molar refractivity (Wildman–Crippen MR) is 65.1 cm³/mol. The van der Waals surface area contributed by atoms with Crippen LogP contribution in [0.5, 0.6) is 0 Å². The van der Waals surface area contributed by atoms with Crippen molar-refractivity contribution in [1.82, 2.24) is 10.2 Å². The van der Waals surface area contributed by atoms with Gasteiger partial charge in [0.1, 0.15) is 0 Å². The lowest BCUT2D eigenvalue weighted by atomic mass is 9.73. The monoisotopic (exact) mass is 210 g/mol. The molecule has 0 unspecified atom stereocenters. The molecule has 1 N–H and O–H groups in total. The summed E-state index contributed by atoms with van der Waals surface area (Å²) in [6.07, 6.45) is 10.1. The Morgan fingerprint density at radius 2 is 1.67 bits per heavy atom. The smallest absolute Gasteiger partial charge is 0.00501 e. The van der Waals surface area contributed by atoms with Crippen molar-refractivity contribution in [3.63, 3.8) is 0 Å². The van der Waals surface area contributed by atoms with Crippen LogP contribution in [0.1, 0.15) is 44.9 Å². The molecule has 0 atom stereocenters. The molecule has 1 aliphatic heterocycles. The summed E-state index contributed by atoms with van der Waals surface area (Å²) < 4.78 is 0. The summed E-state index contributed by atoms with van der Waals surface area (Å²) in [6, 6.07) is 0. The Labute approximate surface area is 94.4 Å². The molecule has 2 rings (SSSR count). The van der Waals surface area contributed by atoms with Gasteiger partial charge in [-0.2, -0.15) is 0 Å². The van der Waals surface area contributed by atoms with Gasteiger partial charge in [-0.3, -0.25) is 0 Å². The van der Waals surface area contributed by atoms with E-state index in [4.69, 9.17) is 0 Å². The highest BCUT2D eigenvalue weighted by Crippen LogP contribution is 2.37. The predicted octanol–water partition coefficient (Wildman–Crippen LogP) is 2.25. The molecule has 2 fully saturated rings. The number of rotatable bonds is 4. The third-order valence-electron chi connectivity index (χ3n) is 4.22. The molecule has 1 heterocycles. The summed E-state index contributed by atoms with van der Waals surface area (Å²) >= 11 is 0. The zero-order valence-electron chi connectivity index (χ0n) is 10.2. The van der Waals surface area contributed by atoms with Crippen molar-refractivity contribution < 1.29 is 0 Å². The Kier molecular flexibility index (Phi) is 4.04. The van der Waals surface area contributed by atoms with Gasteiger partial charge in [-0.05, 0) is 51.2 Å². The van der Waals surface area contributed by atoms with Gasteiger partial charge in [0.2, 0.25) is 0 Å². The second-order valence-corrected chi connectivity index (χ2v) is 5.57.